The molecule has 4 heteroatoms. The van der Waals surface area contributed by atoms with E-state index in [2.05, 4.69) is 17.1 Å². The summed E-state index contributed by atoms with van der Waals surface area (Å²) in [5.74, 6) is 1.58. The molecule has 1 saturated heterocycles. The van der Waals surface area contributed by atoms with Gasteiger partial charge in [0.1, 0.15) is 0 Å². The lowest BCUT2D eigenvalue weighted by atomic mass is 9.97. The second-order valence-electron chi connectivity index (χ2n) is 5.04. The molecule has 1 aliphatic heterocycles. The third-order valence-corrected chi connectivity index (χ3v) is 3.60. The molecule has 102 valence electrons. The van der Waals surface area contributed by atoms with Crippen molar-refractivity contribution in [2.24, 2.45) is 11.8 Å². The van der Waals surface area contributed by atoms with Crippen molar-refractivity contribution in [2.45, 2.75) is 13.3 Å². The zero-order valence-electron chi connectivity index (χ0n) is 11.6. The Bertz CT molecular complexity index is 190. The van der Waals surface area contributed by atoms with Crippen LogP contribution in [0.25, 0.3) is 0 Å². The maximum absolute atomic E-state index is 5.18. The van der Waals surface area contributed by atoms with Crippen molar-refractivity contribution in [1.82, 2.24) is 10.2 Å². The standard InChI is InChI=1S/C13H28N2O2/c1-12-9-14-10-13(12)11-15(6-8-17-3)5-4-7-16-2/h12-14H,4-11H2,1-3H3. The van der Waals surface area contributed by atoms with E-state index in [1.807, 2.05) is 0 Å². The molecular weight excluding hydrogens is 216 g/mol. The van der Waals surface area contributed by atoms with Gasteiger partial charge >= 0.3 is 0 Å². The van der Waals surface area contributed by atoms with Crippen LogP contribution in [0.4, 0.5) is 0 Å². The molecule has 0 bridgehead atoms. The number of rotatable bonds is 9. The molecule has 17 heavy (non-hydrogen) atoms. The molecule has 1 rings (SSSR count). The topological polar surface area (TPSA) is 33.7 Å². The summed E-state index contributed by atoms with van der Waals surface area (Å²) in [7, 11) is 3.54. The van der Waals surface area contributed by atoms with Gasteiger partial charge in [0, 0.05) is 40.5 Å². The Morgan fingerprint density at radius 1 is 1.12 bits per heavy atom. The highest BCUT2D eigenvalue weighted by atomic mass is 16.5. The smallest absolute Gasteiger partial charge is 0.0589 e. The zero-order chi connectivity index (χ0) is 12.5. The molecule has 1 heterocycles. The van der Waals surface area contributed by atoms with Gasteiger partial charge in [0.15, 0.2) is 0 Å². The summed E-state index contributed by atoms with van der Waals surface area (Å²) in [6.07, 6.45) is 1.11. The van der Waals surface area contributed by atoms with E-state index in [-0.39, 0.29) is 0 Å². The van der Waals surface area contributed by atoms with Gasteiger partial charge in [-0.15, -0.1) is 0 Å². The van der Waals surface area contributed by atoms with Crippen molar-refractivity contribution in [3.63, 3.8) is 0 Å². The van der Waals surface area contributed by atoms with E-state index in [0.29, 0.717) is 0 Å². The molecule has 0 aromatic heterocycles. The number of ether oxygens (including phenoxy) is 2. The number of methoxy groups -OCH3 is 2. The van der Waals surface area contributed by atoms with Crippen molar-refractivity contribution < 1.29 is 9.47 Å². The van der Waals surface area contributed by atoms with Crippen molar-refractivity contribution >= 4 is 0 Å². The molecule has 1 fully saturated rings. The van der Waals surface area contributed by atoms with Gasteiger partial charge in [-0.1, -0.05) is 6.92 Å². The molecule has 0 aromatic carbocycles. The molecule has 0 aliphatic carbocycles. The minimum Gasteiger partial charge on any atom is -0.385 e. The van der Waals surface area contributed by atoms with Gasteiger partial charge in [-0.3, -0.25) is 0 Å². The van der Waals surface area contributed by atoms with Gasteiger partial charge in [-0.05, 0) is 31.3 Å². The first-order valence-corrected chi connectivity index (χ1v) is 6.69. The predicted octanol–water partition coefficient (Wildman–Crippen LogP) is 0.827. The van der Waals surface area contributed by atoms with E-state index in [1.165, 1.54) is 13.1 Å². The number of nitrogens with one attached hydrogen (secondary N) is 1. The summed E-state index contributed by atoms with van der Waals surface area (Å²) in [4.78, 5) is 2.51. The average molecular weight is 244 g/mol. The van der Waals surface area contributed by atoms with Crippen LogP contribution in [0.3, 0.4) is 0 Å². The molecular formula is C13H28N2O2. The molecule has 0 amide bonds. The van der Waals surface area contributed by atoms with E-state index >= 15 is 0 Å². The lowest BCUT2D eigenvalue weighted by Gasteiger charge is -2.26. The van der Waals surface area contributed by atoms with Crippen LogP contribution < -0.4 is 5.32 Å². The van der Waals surface area contributed by atoms with Crippen molar-refractivity contribution in [3.05, 3.63) is 0 Å². The Kier molecular flexibility index (Phi) is 7.77. The first kappa shape index (κ1) is 14.9. The highest BCUT2D eigenvalue weighted by molar-refractivity contribution is 4.80. The summed E-state index contributed by atoms with van der Waals surface area (Å²) in [6.45, 7) is 9.67. The van der Waals surface area contributed by atoms with Crippen molar-refractivity contribution in [2.75, 3.05) is 60.2 Å². The van der Waals surface area contributed by atoms with Gasteiger partial charge in [0.05, 0.1) is 6.61 Å². The average Bonchev–Trinajstić information content (AvgIpc) is 2.72. The Morgan fingerprint density at radius 2 is 1.88 bits per heavy atom. The summed E-state index contributed by atoms with van der Waals surface area (Å²) in [5.41, 5.74) is 0. The largest absolute Gasteiger partial charge is 0.385 e. The third-order valence-electron chi connectivity index (χ3n) is 3.60. The van der Waals surface area contributed by atoms with Gasteiger partial charge in [0.25, 0.3) is 0 Å². The van der Waals surface area contributed by atoms with E-state index < -0.39 is 0 Å². The summed E-state index contributed by atoms with van der Waals surface area (Å²) in [6, 6.07) is 0. The van der Waals surface area contributed by atoms with E-state index in [0.717, 1.165) is 51.1 Å². The van der Waals surface area contributed by atoms with Crippen LogP contribution in [0, 0.1) is 11.8 Å². The predicted molar refractivity (Wildman–Crippen MR) is 70.3 cm³/mol. The van der Waals surface area contributed by atoms with E-state index in [4.69, 9.17) is 9.47 Å². The van der Waals surface area contributed by atoms with Crippen LogP contribution in [-0.4, -0.2) is 65.1 Å². The van der Waals surface area contributed by atoms with E-state index in [9.17, 15) is 0 Å². The van der Waals surface area contributed by atoms with Crippen LogP contribution in [-0.2, 0) is 9.47 Å². The van der Waals surface area contributed by atoms with Gasteiger partial charge in [-0.25, -0.2) is 0 Å². The van der Waals surface area contributed by atoms with Crippen LogP contribution in [0.1, 0.15) is 13.3 Å². The highest BCUT2D eigenvalue weighted by Crippen LogP contribution is 2.17. The Balaban J connectivity index is 2.27. The molecule has 2 unspecified atom stereocenters. The highest BCUT2D eigenvalue weighted by Gasteiger charge is 2.24. The second-order valence-corrected chi connectivity index (χ2v) is 5.04. The lowest BCUT2D eigenvalue weighted by Crippen LogP contribution is -2.35. The van der Waals surface area contributed by atoms with Crippen LogP contribution in [0.2, 0.25) is 0 Å². The summed E-state index contributed by atoms with van der Waals surface area (Å²) < 4.78 is 10.3. The maximum atomic E-state index is 5.18. The number of hydrogen-bond donors (Lipinski definition) is 1. The SMILES string of the molecule is COCCCN(CCOC)CC1CNCC1C. The Morgan fingerprint density at radius 3 is 2.47 bits per heavy atom. The zero-order valence-corrected chi connectivity index (χ0v) is 11.6. The second kappa shape index (κ2) is 8.86. The normalized spacial score (nSPS) is 24.7. The first-order chi connectivity index (χ1) is 8.27. The Hall–Kier alpha value is -0.160. The number of hydrogen-bond acceptors (Lipinski definition) is 4. The van der Waals surface area contributed by atoms with Crippen molar-refractivity contribution in [1.29, 1.82) is 0 Å². The van der Waals surface area contributed by atoms with Crippen LogP contribution in [0.5, 0.6) is 0 Å². The first-order valence-electron chi connectivity index (χ1n) is 6.69. The summed E-state index contributed by atoms with van der Waals surface area (Å²) in [5, 5.41) is 3.47. The van der Waals surface area contributed by atoms with E-state index in [1.54, 1.807) is 14.2 Å². The Labute approximate surface area is 106 Å². The summed E-state index contributed by atoms with van der Waals surface area (Å²) >= 11 is 0. The van der Waals surface area contributed by atoms with Crippen LogP contribution >= 0.6 is 0 Å². The van der Waals surface area contributed by atoms with Crippen LogP contribution in [0.15, 0.2) is 0 Å². The third kappa shape index (κ3) is 5.82. The quantitative estimate of drug-likeness (QED) is 0.609. The molecule has 2 atom stereocenters. The molecule has 4 nitrogen and oxygen atoms in total. The molecule has 1 aliphatic rings. The molecule has 0 radical (unpaired) electrons. The van der Waals surface area contributed by atoms with Gasteiger partial charge < -0.3 is 19.7 Å². The maximum Gasteiger partial charge on any atom is 0.0589 e. The monoisotopic (exact) mass is 244 g/mol. The fourth-order valence-corrected chi connectivity index (χ4v) is 2.39. The number of nitrogens with zero attached hydrogens (tertiary/aromatic N) is 1. The molecule has 0 aromatic rings. The lowest BCUT2D eigenvalue weighted by molar-refractivity contribution is 0.120. The fraction of sp³-hybridized carbons (Fsp3) is 1.00. The molecule has 0 spiro atoms. The molecule has 1 N–H and O–H groups in total. The van der Waals surface area contributed by atoms with Gasteiger partial charge in [0.2, 0.25) is 0 Å². The minimum absolute atomic E-state index is 0.786. The van der Waals surface area contributed by atoms with Gasteiger partial charge in [-0.2, -0.15) is 0 Å². The molecule has 0 saturated carbocycles. The van der Waals surface area contributed by atoms with Crippen molar-refractivity contribution in [3.8, 4) is 0 Å². The minimum atomic E-state index is 0.786. The fourth-order valence-electron chi connectivity index (χ4n) is 2.39.